The third-order valence-electron chi connectivity index (χ3n) is 3.40. The Kier molecular flexibility index (Phi) is 2.66. The van der Waals surface area contributed by atoms with Crippen molar-refractivity contribution in [3.05, 3.63) is 89.6 Å². The van der Waals surface area contributed by atoms with Gasteiger partial charge in [-0.2, -0.15) is 0 Å². The fourth-order valence-electron chi connectivity index (χ4n) is 2.57. The van der Waals surface area contributed by atoms with Gasteiger partial charge >= 0.3 is 121 Å². The molecule has 0 aromatic heterocycles. The molecule has 19 heavy (non-hydrogen) atoms. The first-order chi connectivity index (χ1) is 9.45. The van der Waals surface area contributed by atoms with Crippen molar-refractivity contribution >= 4 is 19.8 Å². The Bertz CT molecular complexity index is 686. The molecule has 1 aliphatic rings. The fraction of sp³-hybridized carbons (Fsp3) is 0. The van der Waals surface area contributed by atoms with Crippen LogP contribution >= 0.6 is 19.8 Å². The number of halogens is 1. The first-order valence-electron chi connectivity index (χ1n) is 6.38. The second kappa shape index (κ2) is 4.49. The molecule has 0 radical (unpaired) electrons. The molecule has 1 heterocycles. The summed E-state index contributed by atoms with van der Waals surface area (Å²) in [6.45, 7) is 0. The molecule has 3 aromatic carbocycles. The van der Waals surface area contributed by atoms with Crippen LogP contribution in [0.2, 0.25) is 0 Å². The van der Waals surface area contributed by atoms with Crippen molar-refractivity contribution in [1.82, 2.24) is 0 Å². The standard InChI is InChI=1S/C18H13I/c1-2-8-14(9-3-1)19-17-12-6-4-10-15(17)16-11-5-7-13-18(16)19/h1-13H. The number of rotatable bonds is 1. The van der Waals surface area contributed by atoms with E-state index in [1.807, 2.05) is 0 Å². The normalized spacial score (nSPS) is 14.0. The molecule has 1 heteroatoms. The molecular weight excluding hydrogens is 343 g/mol. The second-order valence-electron chi connectivity index (χ2n) is 4.54. The van der Waals surface area contributed by atoms with Crippen molar-refractivity contribution in [3.8, 4) is 11.1 Å². The summed E-state index contributed by atoms with van der Waals surface area (Å²) in [5, 5.41) is 0. The summed E-state index contributed by atoms with van der Waals surface area (Å²) in [6, 6.07) is 28.9. The van der Waals surface area contributed by atoms with E-state index in [1.165, 1.54) is 14.7 Å². The van der Waals surface area contributed by atoms with Crippen molar-refractivity contribution in [2.45, 2.75) is 0 Å². The summed E-state index contributed by atoms with van der Waals surface area (Å²) in [6.07, 6.45) is 0. The van der Waals surface area contributed by atoms with E-state index < -0.39 is 19.8 Å². The molecule has 0 amide bonds. The van der Waals surface area contributed by atoms with Gasteiger partial charge in [0.1, 0.15) is 0 Å². The number of hydrogen-bond donors (Lipinski definition) is 0. The molecule has 3 aromatic rings. The Hall–Kier alpha value is -1.61. The van der Waals surface area contributed by atoms with Crippen molar-refractivity contribution in [3.63, 3.8) is 0 Å². The molecule has 0 spiro atoms. The number of hydrogen-bond acceptors (Lipinski definition) is 0. The van der Waals surface area contributed by atoms with Gasteiger partial charge in [0.15, 0.2) is 0 Å². The summed E-state index contributed by atoms with van der Waals surface area (Å²) in [4.78, 5) is 0. The zero-order chi connectivity index (χ0) is 12.7. The Labute approximate surface area is 120 Å². The van der Waals surface area contributed by atoms with Crippen molar-refractivity contribution in [2.24, 2.45) is 0 Å². The number of fused-ring (bicyclic) bond motifs is 3. The first-order valence-corrected chi connectivity index (χ1v) is 9.62. The van der Waals surface area contributed by atoms with E-state index in [9.17, 15) is 0 Å². The van der Waals surface area contributed by atoms with E-state index in [0.717, 1.165) is 0 Å². The molecule has 0 nitrogen and oxygen atoms in total. The van der Waals surface area contributed by atoms with Gasteiger partial charge in [0.2, 0.25) is 0 Å². The summed E-state index contributed by atoms with van der Waals surface area (Å²) < 4.78 is 4.70. The van der Waals surface area contributed by atoms with Crippen LogP contribution in [0.3, 0.4) is 0 Å². The zero-order valence-corrected chi connectivity index (χ0v) is 12.5. The maximum absolute atomic E-state index is 2.33. The SMILES string of the molecule is c1ccc(I2c3ccccc3-c3ccccc32)cc1. The topological polar surface area (TPSA) is 0 Å². The van der Waals surface area contributed by atoms with Gasteiger partial charge < -0.3 is 0 Å². The number of benzene rings is 3. The third-order valence-corrected chi connectivity index (χ3v) is 9.57. The predicted octanol–water partition coefficient (Wildman–Crippen LogP) is 5.08. The summed E-state index contributed by atoms with van der Waals surface area (Å²) >= 11 is -1.44. The van der Waals surface area contributed by atoms with E-state index >= 15 is 0 Å². The predicted molar refractivity (Wildman–Crippen MR) is 88.4 cm³/mol. The van der Waals surface area contributed by atoms with E-state index in [0.29, 0.717) is 0 Å². The van der Waals surface area contributed by atoms with E-state index in [2.05, 4.69) is 78.9 Å². The molecule has 92 valence electrons. The average molecular weight is 356 g/mol. The van der Waals surface area contributed by atoms with Gasteiger partial charge in [0.25, 0.3) is 0 Å². The molecule has 0 N–H and O–H groups in total. The maximum atomic E-state index is 2.33. The Morgan fingerprint density at radius 3 is 1.53 bits per heavy atom. The monoisotopic (exact) mass is 356 g/mol. The van der Waals surface area contributed by atoms with E-state index in [-0.39, 0.29) is 0 Å². The summed E-state index contributed by atoms with van der Waals surface area (Å²) in [5.41, 5.74) is 2.90. The van der Waals surface area contributed by atoms with Crippen LogP contribution in [0.15, 0.2) is 78.9 Å². The molecule has 1 aliphatic heterocycles. The molecule has 0 bridgehead atoms. The van der Waals surface area contributed by atoms with E-state index in [1.54, 1.807) is 7.14 Å². The molecule has 0 saturated heterocycles. The van der Waals surface area contributed by atoms with Crippen LogP contribution in [-0.2, 0) is 0 Å². The summed E-state index contributed by atoms with van der Waals surface area (Å²) in [7, 11) is 0. The molecule has 0 atom stereocenters. The van der Waals surface area contributed by atoms with Crippen LogP contribution in [0.5, 0.6) is 0 Å². The van der Waals surface area contributed by atoms with Gasteiger partial charge in [-0.05, 0) is 0 Å². The first kappa shape index (κ1) is 11.2. The molecule has 0 unspecified atom stereocenters. The van der Waals surface area contributed by atoms with Crippen molar-refractivity contribution in [2.75, 3.05) is 0 Å². The Morgan fingerprint density at radius 1 is 0.474 bits per heavy atom. The second-order valence-corrected chi connectivity index (χ2v) is 9.73. The minimum absolute atomic E-state index is 1.44. The van der Waals surface area contributed by atoms with Gasteiger partial charge in [-0.1, -0.05) is 0 Å². The zero-order valence-electron chi connectivity index (χ0n) is 10.4. The van der Waals surface area contributed by atoms with Crippen LogP contribution in [-0.4, -0.2) is 0 Å². The van der Waals surface area contributed by atoms with Crippen LogP contribution in [0.25, 0.3) is 11.1 Å². The van der Waals surface area contributed by atoms with Gasteiger partial charge in [0.05, 0.1) is 0 Å². The third kappa shape index (κ3) is 1.72. The van der Waals surface area contributed by atoms with Gasteiger partial charge in [0, 0.05) is 0 Å². The van der Waals surface area contributed by atoms with Crippen LogP contribution < -0.4 is 0 Å². The molecule has 4 rings (SSSR count). The van der Waals surface area contributed by atoms with Crippen molar-refractivity contribution < 1.29 is 0 Å². The van der Waals surface area contributed by atoms with Crippen LogP contribution in [0, 0.1) is 10.7 Å². The van der Waals surface area contributed by atoms with Crippen molar-refractivity contribution in [1.29, 1.82) is 0 Å². The van der Waals surface area contributed by atoms with E-state index in [4.69, 9.17) is 0 Å². The Morgan fingerprint density at radius 2 is 0.947 bits per heavy atom. The quantitative estimate of drug-likeness (QED) is 0.417. The molecule has 0 saturated carbocycles. The minimum atomic E-state index is -1.44. The van der Waals surface area contributed by atoms with Gasteiger partial charge in [-0.3, -0.25) is 0 Å². The average Bonchev–Trinajstić information content (AvgIpc) is 2.83. The van der Waals surface area contributed by atoms with Gasteiger partial charge in [-0.15, -0.1) is 0 Å². The van der Waals surface area contributed by atoms with Crippen LogP contribution in [0.1, 0.15) is 0 Å². The molecule has 0 fully saturated rings. The van der Waals surface area contributed by atoms with Gasteiger partial charge in [-0.25, -0.2) is 0 Å². The summed E-state index contributed by atoms with van der Waals surface area (Å²) in [5.74, 6) is 0. The molecular formula is C18H13I. The Balaban J connectivity index is 2.02. The van der Waals surface area contributed by atoms with Crippen LogP contribution in [0.4, 0.5) is 0 Å². The molecule has 0 aliphatic carbocycles. The fourth-order valence-corrected chi connectivity index (χ4v) is 8.91.